The highest BCUT2D eigenvalue weighted by Crippen LogP contribution is 2.12. The fourth-order valence-electron chi connectivity index (χ4n) is 1.35. The van der Waals surface area contributed by atoms with Gasteiger partial charge in [-0.15, -0.1) is 0 Å². The van der Waals surface area contributed by atoms with Crippen LogP contribution in [0.4, 0.5) is 0 Å². The van der Waals surface area contributed by atoms with E-state index >= 15 is 0 Å². The highest BCUT2D eigenvalue weighted by molar-refractivity contribution is 7.91. The SMILES string of the molecule is COCC(=O)N[C@H]1CS(=O)(=O)C[C@@H]1O. The number of hydrogen-bond acceptors (Lipinski definition) is 5. The summed E-state index contributed by atoms with van der Waals surface area (Å²) in [6, 6.07) is -0.706. The van der Waals surface area contributed by atoms with Crippen LogP contribution in [0.1, 0.15) is 0 Å². The molecule has 0 aromatic carbocycles. The van der Waals surface area contributed by atoms with Crippen LogP contribution in [-0.4, -0.2) is 56.8 Å². The van der Waals surface area contributed by atoms with E-state index in [1.165, 1.54) is 7.11 Å². The Kier molecular flexibility index (Phi) is 3.46. The molecule has 1 heterocycles. The summed E-state index contributed by atoms with van der Waals surface area (Å²) in [6.45, 7) is -0.136. The number of hydrogen-bond donors (Lipinski definition) is 2. The molecular weight excluding hydrogens is 210 g/mol. The zero-order valence-corrected chi connectivity index (χ0v) is 8.58. The predicted octanol–water partition coefficient (Wildman–Crippen LogP) is -2.09. The molecule has 14 heavy (non-hydrogen) atoms. The Hall–Kier alpha value is -0.660. The Morgan fingerprint density at radius 3 is 2.64 bits per heavy atom. The van der Waals surface area contributed by atoms with Crippen molar-refractivity contribution >= 4 is 15.7 Å². The first kappa shape index (κ1) is 11.4. The molecule has 1 fully saturated rings. The quantitative estimate of drug-likeness (QED) is 0.572. The third-order valence-electron chi connectivity index (χ3n) is 1.94. The highest BCUT2D eigenvalue weighted by Gasteiger charge is 2.37. The number of rotatable bonds is 3. The molecule has 0 aliphatic carbocycles. The van der Waals surface area contributed by atoms with Gasteiger partial charge in [-0.2, -0.15) is 0 Å². The van der Waals surface area contributed by atoms with Crippen LogP contribution in [0.2, 0.25) is 0 Å². The van der Waals surface area contributed by atoms with Crippen LogP contribution in [-0.2, 0) is 19.4 Å². The first-order valence-electron chi connectivity index (χ1n) is 4.11. The third-order valence-corrected chi connectivity index (χ3v) is 3.66. The molecule has 2 atom stereocenters. The van der Waals surface area contributed by atoms with Crippen molar-refractivity contribution in [1.82, 2.24) is 5.32 Å². The van der Waals surface area contributed by atoms with Crippen molar-refractivity contribution in [1.29, 1.82) is 0 Å². The van der Waals surface area contributed by atoms with Gasteiger partial charge in [0.1, 0.15) is 6.61 Å². The Morgan fingerprint density at radius 1 is 1.57 bits per heavy atom. The molecule has 0 spiro atoms. The van der Waals surface area contributed by atoms with E-state index in [1.807, 2.05) is 0 Å². The molecule has 6 nitrogen and oxygen atoms in total. The van der Waals surface area contributed by atoms with Gasteiger partial charge in [0.25, 0.3) is 0 Å². The molecule has 7 heteroatoms. The molecule has 0 radical (unpaired) electrons. The number of amides is 1. The highest BCUT2D eigenvalue weighted by atomic mass is 32.2. The summed E-state index contributed by atoms with van der Waals surface area (Å²) in [4.78, 5) is 11.0. The zero-order valence-electron chi connectivity index (χ0n) is 7.76. The van der Waals surface area contributed by atoms with Crippen molar-refractivity contribution in [3.05, 3.63) is 0 Å². The van der Waals surface area contributed by atoms with Crippen molar-refractivity contribution in [3.8, 4) is 0 Å². The van der Waals surface area contributed by atoms with E-state index in [-0.39, 0.29) is 18.1 Å². The molecular formula is C7H13NO5S. The predicted molar refractivity (Wildman–Crippen MR) is 48.5 cm³/mol. The fourth-order valence-corrected chi connectivity index (χ4v) is 3.09. The Morgan fingerprint density at radius 2 is 2.21 bits per heavy atom. The number of ether oxygens (including phenoxy) is 1. The average Bonchev–Trinajstić information content (AvgIpc) is 2.25. The van der Waals surface area contributed by atoms with Gasteiger partial charge >= 0.3 is 0 Å². The van der Waals surface area contributed by atoms with Crippen molar-refractivity contribution in [2.75, 3.05) is 25.2 Å². The van der Waals surface area contributed by atoms with Crippen LogP contribution >= 0.6 is 0 Å². The van der Waals surface area contributed by atoms with E-state index in [2.05, 4.69) is 10.1 Å². The molecule has 0 bridgehead atoms. The molecule has 0 aromatic rings. The van der Waals surface area contributed by atoms with E-state index in [1.54, 1.807) is 0 Å². The van der Waals surface area contributed by atoms with Crippen LogP contribution in [0.25, 0.3) is 0 Å². The minimum absolute atomic E-state index is 0.136. The molecule has 1 saturated heterocycles. The second-order valence-corrected chi connectivity index (χ2v) is 5.41. The largest absolute Gasteiger partial charge is 0.390 e. The second-order valence-electron chi connectivity index (χ2n) is 3.25. The van der Waals surface area contributed by atoms with Gasteiger partial charge in [0.2, 0.25) is 5.91 Å². The molecule has 0 unspecified atom stereocenters. The lowest BCUT2D eigenvalue weighted by Gasteiger charge is -2.14. The summed E-state index contributed by atoms with van der Waals surface area (Å²) in [7, 11) is -1.85. The van der Waals surface area contributed by atoms with E-state index in [9.17, 15) is 18.3 Å². The summed E-state index contributed by atoms with van der Waals surface area (Å²) in [5, 5.41) is 11.7. The lowest BCUT2D eigenvalue weighted by atomic mass is 10.2. The lowest BCUT2D eigenvalue weighted by molar-refractivity contribution is -0.125. The van der Waals surface area contributed by atoms with Gasteiger partial charge in [-0.1, -0.05) is 0 Å². The lowest BCUT2D eigenvalue weighted by Crippen LogP contribution is -2.44. The molecule has 0 aromatic heterocycles. The summed E-state index contributed by atoms with van der Waals surface area (Å²) >= 11 is 0. The van der Waals surface area contributed by atoms with Gasteiger partial charge in [-0.3, -0.25) is 4.79 Å². The molecule has 0 saturated carbocycles. The van der Waals surface area contributed by atoms with Crippen LogP contribution in [0.15, 0.2) is 0 Å². The van der Waals surface area contributed by atoms with Gasteiger partial charge in [0.15, 0.2) is 9.84 Å². The summed E-state index contributed by atoms with van der Waals surface area (Å²) < 4.78 is 26.7. The van der Waals surface area contributed by atoms with Crippen LogP contribution < -0.4 is 5.32 Å². The third kappa shape index (κ3) is 2.93. The number of aliphatic hydroxyl groups excluding tert-OH is 1. The van der Waals surface area contributed by atoms with Gasteiger partial charge < -0.3 is 15.2 Å². The Balaban J connectivity index is 2.51. The van der Waals surface area contributed by atoms with Crippen molar-refractivity contribution in [2.45, 2.75) is 12.1 Å². The molecule has 82 valence electrons. The van der Waals surface area contributed by atoms with Crippen LogP contribution in [0, 0.1) is 0 Å². The molecule has 1 aliphatic heterocycles. The minimum Gasteiger partial charge on any atom is -0.390 e. The summed E-state index contributed by atoms with van der Waals surface area (Å²) in [5.41, 5.74) is 0. The van der Waals surface area contributed by atoms with E-state index < -0.39 is 27.9 Å². The zero-order chi connectivity index (χ0) is 10.8. The number of methoxy groups -OCH3 is 1. The van der Waals surface area contributed by atoms with Crippen molar-refractivity contribution < 1.29 is 23.1 Å². The Bertz CT molecular complexity index is 312. The maximum atomic E-state index is 11.0. The number of carbonyl (C=O) groups excluding carboxylic acids is 1. The smallest absolute Gasteiger partial charge is 0.246 e. The molecule has 1 aliphatic rings. The standard InChI is InChI=1S/C7H13NO5S/c1-13-2-7(10)8-5-3-14(11,12)4-6(5)9/h5-6,9H,2-4H2,1H3,(H,8,10)/t5-,6-/m0/s1. The number of nitrogens with one attached hydrogen (secondary N) is 1. The van der Waals surface area contributed by atoms with Crippen LogP contribution in [0.5, 0.6) is 0 Å². The molecule has 1 rings (SSSR count). The average molecular weight is 223 g/mol. The van der Waals surface area contributed by atoms with Gasteiger partial charge in [0, 0.05) is 7.11 Å². The Labute approximate surface area is 82.2 Å². The number of carbonyl (C=O) groups is 1. The maximum Gasteiger partial charge on any atom is 0.246 e. The molecule has 1 amide bonds. The first-order chi connectivity index (χ1) is 6.44. The van der Waals surface area contributed by atoms with Crippen LogP contribution in [0.3, 0.4) is 0 Å². The van der Waals surface area contributed by atoms with Gasteiger partial charge in [0.05, 0.1) is 23.7 Å². The van der Waals surface area contributed by atoms with Crippen molar-refractivity contribution in [2.24, 2.45) is 0 Å². The first-order valence-corrected chi connectivity index (χ1v) is 5.93. The van der Waals surface area contributed by atoms with E-state index in [0.29, 0.717) is 0 Å². The molecule has 2 N–H and O–H groups in total. The topological polar surface area (TPSA) is 92.7 Å². The maximum absolute atomic E-state index is 11.0. The second kappa shape index (κ2) is 4.24. The monoisotopic (exact) mass is 223 g/mol. The van der Waals surface area contributed by atoms with Gasteiger partial charge in [-0.25, -0.2) is 8.42 Å². The van der Waals surface area contributed by atoms with Crippen molar-refractivity contribution in [3.63, 3.8) is 0 Å². The number of sulfone groups is 1. The summed E-state index contributed by atoms with van der Waals surface area (Å²) in [5.74, 6) is -0.914. The normalized spacial score (nSPS) is 30.1. The van der Waals surface area contributed by atoms with E-state index in [0.717, 1.165) is 0 Å². The minimum atomic E-state index is -3.21. The van der Waals surface area contributed by atoms with Gasteiger partial charge in [-0.05, 0) is 0 Å². The number of aliphatic hydroxyl groups is 1. The summed E-state index contributed by atoms with van der Waals surface area (Å²) in [6.07, 6.45) is -1.01. The van der Waals surface area contributed by atoms with E-state index in [4.69, 9.17) is 0 Å². The fraction of sp³-hybridized carbons (Fsp3) is 0.857.